The number of aromatic nitrogens is 4. The normalized spacial score (nSPS) is 12.7. The topological polar surface area (TPSA) is 74.1 Å². The predicted molar refractivity (Wildman–Crippen MR) is 104 cm³/mol. The van der Waals surface area contributed by atoms with Crippen LogP contribution in [0.2, 0.25) is 5.02 Å². The molecule has 1 aliphatic heterocycles. The first-order valence-electron chi connectivity index (χ1n) is 8.26. The second-order valence-corrected chi connectivity index (χ2v) is 7.62. The molecule has 9 heteroatoms. The number of aryl methyl sites for hydroxylation is 1. The Morgan fingerprint density at radius 1 is 1.26 bits per heavy atom. The van der Waals surface area contributed by atoms with Gasteiger partial charge in [-0.05, 0) is 24.6 Å². The molecule has 7 nitrogen and oxygen atoms in total. The summed E-state index contributed by atoms with van der Waals surface area (Å²) in [5.74, 6) is 2.76. The number of hydrogen-bond acceptors (Lipinski definition) is 7. The maximum absolute atomic E-state index is 6.52. The fraction of sp³-hybridized carbons (Fsp3) is 0.167. The number of benzene rings is 1. The largest absolute Gasteiger partial charge is 0.454 e. The molecule has 1 aromatic carbocycles. The van der Waals surface area contributed by atoms with Gasteiger partial charge in [0.15, 0.2) is 11.5 Å². The van der Waals surface area contributed by atoms with E-state index in [2.05, 4.69) is 20.3 Å². The van der Waals surface area contributed by atoms with Crippen molar-refractivity contribution >= 4 is 39.0 Å². The van der Waals surface area contributed by atoms with Gasteiger partial charge < -0.3 is 14.8 Å². The van der Waals surface area contributed by atoms with Crippen LogP contribution in [0.5, 0.6) is 11.5 Å². The molecule has 0 aliphatic carbocycles. The van der Waals surface area contributed by atoms with E-state index in [-0.39, 0.29) is 6.79 Å². The summed E-state index contributed by atoms with van der Waals surface area (Å²) in [5, 5.41) is 4.91. The standard InChI is InChI=1S/C18H14ClN5O2S/c1-10-15(19)14-16(21-7-11-2-3-12-13(6-11)26-9-25-12)22-18(23-17(14)27-10)24-5-4-20-8-24/h2-6,8H,7,9H2,1H3,(H,21,22,23). The molecule has 0 amide bonds. The molecule has 4 heterocycles. The number of hydrogen-bond donors (Lipinski definition) is 1. The van der Waals surface area contributed by atoms with E-state index in [1.165, 1.54) is 0 Å². The van der Waals surface area contributed by atoms with Crippen molar-refractivity contribution in [3.8, 4) is 17.4 Å². The molecular formula is C18H14ClN5O2S. The first-order chi connectivity index (χ1) is 13.2. The fourth-order valence-corrected chi connectivity index (χ4v) is 4.18. The Hall–Kier alpha value is -2.84. The number of nitrogens with one attached hydrogen (secondary N) is 1. The van der Waals surface area contributed by atoms with Crippen LogP contribution in [0, 0.1) is 6.92 Å². The number of nitrogens with zero attached hydrogens (tertiary/aromatic N) is 4. The third kappa shape index (κ3) is 2.87. The van der Waals surface area contributed by atoms with Gasteiger partial charge in [-0.2, -0.15) is 4.98 Å². The van der Waals surface area contributed by atoms with Crippen LogP contribution < -0.4 is 14.8 Å². The predicted octanol–water partition coefficient (Wildman–Crippen LogP) is 4.18. The van der Waals surface area contributed by atoms with E-state index in [1.54, 1.807) is 28.4 Å². The second-order valence-electron chi connectivity index (χ2n) is 6.04. The minimum atomic E-state index is 0.261. The Balaban J connectivity index is 1.53. The van der Waals surface area contributed by atoms with Crippen LogP contribution in [0.4, 0.5) is 5.82 Å². The highest BCUT2D eigenvalue weighted by Gasteiger charge is 2.17. The zero-order valence-electron chi connectivity index (χ0n) is 14.3. The smallest absolute Gasteiger partial charge is 0.238 e. The first-order valence-corrected chi connectivity index (χ1v) is 9.46. The molecule has 4 aromatic rings. The van der Waals surface area contributed by atoms with Gasteiger partial charge in [0.2, 0.25) is 12.7 Å². The van der Waals surface area contributed by atoms with Gasteiger partial charge in [0.1, 0.15) is 17.0 Å². The third-order valence-electron chi connectivity index (χ3n) is 4.27. The van der Waals surface area contributed by atoms with E-state index in [1.807, 2.05) is 31.3 Å². The molecule has 0 saturated carbocycles. The summed E-state index contributed by atoms with van der Waals surface area (Å²) in [7, 11) is 0. The second kappa shape index (κ2) is 6.40. The number of thiophene rings is 1. The summed E-state index contributed by atoms with van der Waals surface area (Å²) in [6, 6.07) is 5.87. The summed E-state index contributed by atoms with van der Waals surface area (Å²) >= 11 is 8.07. The molecule has 136 valence electrons. The molecule has 1 N–H and O–H groups in total. The Morgan fingerprint density at radius 3 is 3.00 bits per heavy atom. The SMILES string of the molecule is Cc1sc2nc(-n3ccnc3)nc(NCc3ccc4c(c3)OCO4)c2c1Cl. The molecule has 0 atom stereocenters. The summed E-state index contributed by atoms with van der Waals surface area (Å²) in [4.78, 5) is 15.2. The lowest BCUT2D eigenvalue weighted by Gasteiger charge is -2.10. The average molecular weight is 400 g/mol. The van der Waals surface area contributed by atoms with E-state index in [9.17, 15) is 0 Å². The number of anilines is 1. The van der Waals surface area contributed by atoms with Crippen LogP contribution in [0.3, 0.4) is 0 Å². The van der Waals surface area contributed by atoms with Crippen LogP contribution in [-0.4, -0.2) is 26.3 Å². The Morgan fingerprint density at radius 2 is 2.15 bits per heavy atom. The fourth-order valence-electron chi connectivity index (χ4n) is 2.92. The number of rotatable bonds is 4. The first kappa shape index (κ1) is 16.3. The summed E-state index contributed by atoms with van der Waals surface area (Å²) in [6.07, 6.45) is 5.18. The van der Waals surface area contributed by atoms with Gasteiger partial charge in [-0.1, -0.05) is 17.7 Å². The quantitative estimate of drug-likeness (QED) is 0.555. The van der Waals surface area contributed by atoms with Crippen LogP contribution in [0.15, 0.2) is 36.9 Å². The van der Waals surface area contributed by atoms with Crippen LogP contribution >= 0.6 is 22.9 Å². The maximum atomic E-state index is 6.52. The highest BCUT2D eigenvalue weighted by atomic mass is 35.5. The van der Waals surface area contributed by atoms with Crippen LogP contribution in [0.1, 0.15) is 10.4 Å². The van der Waals surface area contributed by atoms with Gasteiger partial charge >= 0.3 is 0 Å². The summed E-state index contributed by atoms with van der Waals surface area (Å²) < 4.78 is 12.6. The minimum absolute atomic E-state index is 0.261. The van der Waals surface area contributed by atoms with E-state index in [0.29, 0.717) is 23.3 Å². The lowest BCUT2D eigenvalue weighted by Crippen LogP contribution is -2.06. The zero-order chi connectivity index (χ0) is 18.4. The van der Waals surface area contributed by atoms with Gasteiger partial charge in [0.05, 0.1) is 10.4 Å². The summed E-state index contributed by atoms with van der Waals surface area (Å²) in [6.45, 7) is 2.81. The molecule has 0 spiro atoms. The van der Waals surface area contributed by atoms with Gasteiger partial charge in [-0.3, -0.25) is 4.57 Å². The maximum Gasteiger partial charge on any atom is 0.238 e. The van der Waals surface area contributed by atoms with E-state index in [4.69, 9.17) is 21.1 Å². The van der Waals surface area contributed by atoms with E-state index in [0.717, 1.165) is 32.2 Å². The van der Waals surface area contributed by atoms with Crippen molar-refractivity contribution in [3.05, 3.63) is 52.4 Å². The number of fused-ring (bicyclic) bond motifs is 2. The van der Waals surface area contributed by atoms with Gasteiger partial charge in [-0.25, -0.2) is 9.97 Å². The molecule has 0 saturated heterocycles. The Bertz CT molecular complexity index is 1140. The van der Waals surface area contributed by atoms with Crippen LogP contribution in [-0.2, 0) is 6.54 Å². The Labute approximate surface area is 163 Å². The molecule has 1 aliphatic rings. The van der Waals surface area contributed by atoms with E-state index >= 15 is 0 Å². The monoisotopic (exact) mass is 399 g/mol. The molecule has 0 unspecified atom stereocenters. The number of ether oxygens (including phenoxy) is 2. The number of imidazole rings is 1. The molecule has 27 heavy (non-hydrogen) atoms. The third-order valence-corrected chi connectivity index (χ3v) is 5.86. The lowest BCUT2D eigenvalue weighted by atomic mass is 10.2. The number of halogens is 1. The molecule has 0 radical (unpaired) electrons. The average Bonchev–Trinajstić information content (AvgIpc) is 3.40. The lowest BCUT2D eigenvalue weighted by molar-refractivity contribution is 0.174. The van der Waals surface area contributed by atoms with Gasteiger partial charge in [0.25, 0.3) is 0 Å². The van der Waals surface area contributed by atoms with E-state index < -0.39 is 0 Å². The van der Waals surface area contributed by atoms with Gasteiger partial charge in [-0.15, -0.1) is 11.3 Å². The van der Waals surface area contributed by atoms with Crippen molar-refractivity contribution in [2.24, 2.45) is 0 Å². The van der Waals surface area contributed by atoms with Crippen molar-refractivity contribution < 1.29 is 9.47 Å². The minimum Gasteiger partial charge on any atom is -0.454 e. The van der Waals surface area contributed by atoms with Crippen molar-refractivity contribution in [1.82, 2.24) is 19.5 Å². The Kier molecular flexibility index (Phi) is 3.87. The summed E-state index contributed by atoms with van der Waals surface area (Å²) in [5.41, 5.74) is 1.05. The van der Waals surface area contributed by atoms with Crippen molar-refractivity contribution in [1.29, 1.82) is 0 Å². The molecule has 5 rings (SSSR count). The zero-order valence-corrected chi connectivity index (χ0v) is 15.8. The van der Waals surface area contributed by atoms with Crippen LogP contribution in [0.25, 0.3) is 16.2 Å². The van der Waals surface area contributed by atoms with Crippen molar-refractivity contribution in [2.75, 3.05) is 12.1 Å². The van der Waals surface area contributed by atoms with Crippen molar-refractivity contribution in [2.45, 2.75) is 13.5 Å². The molecular weight excluding hydrogens is 386 g/mol. The highest BCUT2D eigenvalue weighted by molar-refractivity contribution is 7.19. The molecule has 0 bridgehead atoms. The molecule has 3 aromatic heterocycles. The highest BCUT2D eigenvalue weighted by Crippen LogP contribution is 2.38. The van der Waals surface area contributed by atoms with Gasteiger partial charge in [0, 0.05) is 23.8 Å². The van der Waals surface area contributed by atoms with Crippen molar-refractivity contribution in [3.63, 3.8) is 0 Å². The molecule has 0 fully saturated rings.